The van der Waals surface area contributed by atoms with E-state index in [0.717, 1.165) is 30.9 Å². The van der Waals surface area contributed by atoms with Gasteiger partial charge in [-0.1, -0.05) is 11.6 Å². The molecule has 1 fully saturated rings. The van der Waals surface area contributed by atoms with E-state index in [1.807, 2.05) is 5.38 Å². The maximum Gasteiger partial charge on any atom is 0.252 e. The summed E-state index contributed by atoms with van der Waals surface area (Å²) >= 11 is 7.23. The molecule has 2 amide bonds. The summed E-state index contributed by atoms with van der Waals surface area (Å²) in [6, 6.07) is 3.54. The summed E-state index contributed by atoms with van der Waals surface area (Å²) in [5, 5.41) is 7.83. The van der Waals surface area contributed by atoms with Crippen LogP contribution in [0.4, 0.5) is 9.52 Å². The van der Waals surface area contributed by atoms with Crippen molar-refractivity contribution in [3.63, 3.8) is 0 Å². The van der Waals surface area contributed by atoms with Crippen LogP contribution in [-0.4, -0.2) is 53.5 Å². The average molecular weight is 455 g/mol. The molecule has 1 aromatic heterocycles. The predicted octanol–water partition coefficient (Wildman–Crippen LogP) is 3.30. The third-order valence-corrected chi connectivity index (χ3v) is 5.61. The van der Waals surface area contributed by atoms with Gasteiger partial charge in [0, 0.05) is 38.0 Å². The molecule has 2 aromatic rings. The van der Waals surface area contributed by atoms with Gasteiger partial charge in [-0.2, -0.15) is 0 Å². The first-order chi connectivity index (χ1) is 14.3. The Kier molecular flexibility index (Phi) is 7.76. The molecule has 1 aliphatic rings. The molecular weight excluding hydrogens is 431 g/mol. The lowest BCUT2D eigenvalue weighted by Gasteiger charge is -2.34. The highest BCUT2D eigenvalue weighted by Crippen LogP contribution is 2.20. The summed E-state index contributed by atoms with van der Waals surface area (Å²) in [4.78, 5) is 31.0. The minimum absolute atomic E-state index is 0.0244. The van der Waals surface area contributed by atoms with Gasteiger partial charge >= 0.3 is 0 Å². The number of carbonyl (C=O) groups excluding carboxylic acids is 2. The first-order valence-electron chi connectivity index (χ1n) is 9.65. The Morgan fingerprint density at radius 3 is 2.77 bits per heavy atom. The number of morpholine rings is 1. The van der Waals surface area contributed by atoms with E-state index in [2.05, 4.69) is 34.4 Å². The molecule has 1 aliphatic heterocycles. The molecule has 0 radical (unpaired) electrons. The van der Waals surface area contributed by atoms with Crippen molar-refractivity contribution in [2.75, 3.05) is 25.0 Å². The van der Waals surface area contributed by atoms with E-state index >= 15 is 0 Å². The van der Waals surface area contributed by atoms with Gasteiger partial charge in [-0.25, -0.2) is 9.37 Å². The zero-order chi connectivity index (χ0) is 21.7. The molecule has 30 heavy (non-hydrogen) atoms. The van der Waals surface area contributed by atoms with Crippen LogP contribution in [0.3, 0.4) is 0 Å². The summed E-state index contributed by atoms with van der Waals surface area (Å²) in [5.74, 6) is -1.23. The Labute approximate surface area is 183 Å². The van der Waals surface area contributed by atoms with Gasteiger partial charge < -0.3 is 15.4 Å². The number of benzene rings is 1. The van der Waals surface area contributed by atoms with E-state index in [9.17, 15) is 14.0 Å². The van der Waals surface area contributed by atoms with Gasteiger partial charge in [-0.15, -0.1) is 11.3 Å². The minimum atomic E-state index is -0.517. The van der Waals surface area contributed by atoms with E-state index < -0.39 is 11.7 Å². The Morgan fingerprint density at radius 1 is 1.33 bits per heavy atom. The van der Waals surface area contributed by atoms with Gasteiger partial charge in [0.1, 0.15) is 5.82 Å². The molecule has 0 aliphatic carbocycles. The van der Waals surface area contributed by atoms with Gasteiger partial charge in [0.2, 0.25) is 5.91 Å². The SMILES string of the molecule is CC1CN(Cc2csc(NC(=O)CCNC(=O)c3ccc(F)cc3Cl)n2)CC(C)O1. The molecule has 2 N–H and O–H groups in total. The first-order valence-corrected chi connectivity index (χ1v) is 10.9. The summed E-state index contributed by atoms with van der Waals surface area (Å²) in [6.07, 6.45) is 0.455. The van der Waals surface area contributed by atoms with Crippen LogP contribution in [0, 0.1) is 5.82 Å². The van der Waals surface area contributed by atoms with Gasteiger partial charge in [-0.05, 0) is 32.0 Å². The van der Waals surface area contributed by atoms with Gasteiger partial charge in [0.15, 0.2) is 5.13 Å². The van der Waals surface area contributed by atoms with Crippen molar-refractivity contribution in [2.24, 2.45) is 0 Å². The molecule has 0 bridgehead atoms. The van der Waals surface area contributed by atoms with Crippen molar-refractivity contribution >= 4 is 39.9 Å². The number of nitrogens with one attached hydrogen (secondary N) is 2. The van der Waals surface area contributed by atoms with Crippen LogP contribution < -0.4 is 10.6 Å². The predicted molar refractivity (Wildman–Crippen MR) is 114 cm³/mol. The third-order valence-electron chi connectivity index (χ3n) is 4.49. The topological polar surface area (TPSA) is 83.6 Å². The van der Waals surface area contributed by atoms with E-state index in [4.69, 9.17) is 16.3 Å². The number of hydrogen-bond donors (Lipinski definition) is 2. The minimum Gasteiger partial charge on any atom is -0.373 e. The Bertz CT molecular complexity index is 900. The quantitative estimate of drug-likeness (QED) is 0.670. The highest BCUT2D eigenvalue weighted by atomic mass is 35.5. The molecule has 7 nitrogen and oxygen atoms in total. The fraction of sp³-hybridized carbons (Fsp3) is 0.450. The number of carbonyl (C=O) groups is 2. The largest absolute Gasteiger partial charge is 0.373 e. The molecule has 2 atom stereocenters. The summed E-state index contributed by atoms with van der Waals surface area (Å²) in [5.41, 5.74) is 1.06. The highest BCUT2D eigenvalue weighted by Gasteiger charge is 2.22. The van der Waals surface area contributed by atoms with Crippen molar-refractivity contribution in [1.29, 1.82) is 0 Å². The lowest BCUT2D eigenvalue weighted by atomic mass is 10.2. The third kappa shape index (κ3) is 6.46. The summed E-state index contributed by atoms with van der Waals surface area (Å²) < 4.78 is 18.8. The van der Waals surface area contributed by atoms with Crippen molar-refractivity contribution in [3.05, 3.63) is 45.7 Å². The van der Waals surface area contributed by atoms with Crippen molar-refractivity contribution < 1.29 is 18.7 Å². The second kappa shape index (κ2) is 10.3. The number of nitrogens with zero attached hydrogens (tertiary/aromatic N) is 2. The standard InChI is InChI=1S/C20H24ClFN4O3S/c1-12-8-26(9-13(2)29-12)10-15-11-30-20(24-15)25-18(27)5-6-23-19(28)16-4-3-14(22)7-17(16)21/h3-4,7,11-13H,5-6,8-10H2,1-2H3,(H,23,28)(H,24,25,27). The number of anilines is 1. The van der Waals surface area contributed by atoms with Crippen LogP contribution in [0.5, 0.6) is 0 Å². The number of ether oxygens (including phenoxy) is 1. The van der Waals surface area contributed by atoms with Gasteiger partial charge in [0.05, 0.1) is 28.5 Å². The van der Waals surface area contributed by atoms with Gasteiger partial charge in [0.25, 0.3) is 5.91 Å². The monoisotopic (exact) mass is 454 g/mol. The van der Waals surface area contributed by atoms with E-state index in [-0.39, 0.29) is 41.7 Å². The smallest absolute Gasteiger partial charge is 0.252 e. The van der Waals surface area contributed by atoms with Crippen molar-refractivity contribution in [2.45, 2.75) is 39.0 Å². The number of amides is 2. The zero-order valence-electron chi connectivity index (χ0n) is 16.8. The highest BCUT2D eigenvalue weighted by molar-refractivity contribution is 7.13. The van der Waals surface area contributed by atoms with Crippen LogP contribution in [0.25, 0.3) is 0 Å². The van der Waals surface area contributed by atoms with Crippen LogP contribution >= 0.6 is 22.9 Å². The zero-order valence-corrected chi connectivity index (χ0v) is 18.4. The van der Waals surface area contributed by atoms with Gasteiger partial charge in [-0.3, -0.25) is 14.5 Å². The Morgan fingerprint density at radius 2 is 2.07 bits per heavy atom. The molecule has 1 aromatic carbocycles. The molecule has 1 saturated heterocycles. The van der Waals surface area contributed by atoms with E-state index in [1.165, 1.54) is 17.4 Å². The van der Waals surface area contributed by atoms with Crippen LogP contribution in [0.15, 0.2) is 23.6 Å². The van der Waals surface area contributed by atoms with Crippen LogP contribution in [0.1, 0.15) is 36.3 Å². The molecule has 0 spiro atoms. The second-order valence-corrected chi connectivity index (χ2v) is 8.54. The second-order valence-electron chi connectivity index (χ2n) is 7.27. The molecule has 10 heteroatoms. The average Bonchev–Trinajstić information content (AvgIpc) is 3.07. The Hall–Kier alpha value is -2.07. The van der Waals surface area contributed by atoms with Crippen molar-refractivity contribution in [3.8, 4) is 0 Å². The lowest BCUT2D eigenvalue weighted by Crippen LogP contribution is -2.44. The number of hydrogen-bond acceptors (Lipinski definition) is 6. The molecule has 2 unspecified atom stereocenters. The first kappa shape index (κ1) is 22.6. The lowest BCUT2D eigenvalue weighted by molar-refractivity contribution is -0.116. The molecular formula is C20H24ClFN4O3S. The summed E-state index contributed by atoms with van der Waals surface area (Å²) in [6.45, 7) is 6.64. The molecule has 0 saturated carbocycles. The summed E-state index contributed by atoms with van der Waals surface area (Å²) in [7, 11) is 0. The van der Waals surface area contributed by atoms with E-state index in [0.29, 0.717) is 11.7 Å². The molecule has 162 valence electrons. The maximum absolute atomic E-state index is 13.1. The maximum atomic E-state index is 13.1. The van der Waals surface area contributed by atoms with E-state index in [1.54, 1.807) is 0 Å². The fourth-order valence-electron chi connectivity index (χ4n) is 3.32. The Balaban J connectivity index is 1.42. The van der Waals surface area contributed by atoms with Crippen LogP contribution in [-0.2, 0) is 16.1 Å². The van der Waals surface area contributed by atoms with Crippen molar-refractivity contribution in [1.82, 2.24) is 15.2 Å². The fourth-order valence-corrected chi connectivity index (χ4v) is 4.29. The normalized spacial score (nSPS) is 19.5. The van der Waals surface area contributed by atoms with Crippen LogP contribution in [0.2, 0.25) is 5.02 Å². The number of halogens is 2. The molecule has 3 rings (SSSR count). The number of aromatic nitrogens is 1. The number of thiazole rings is 1. The number of rotatable bonds is 7. The molecule has 2 heterocycles.